The van der Waals surface area contributed by atoms with Crippen molar-refractivity contribution in [2.45, 2.75) is 41.0 Å². The maximum Gasteiger partial charge on any atom is -0.00485 e. The van der Waals surface area contributed by atoms with Gasteiger partial charge in [-0.05, 0) is 38.7 Å². The van der Waals surface area contributed by atoms with Crippen molar-refractivity contribution < 1.29 is 0 Å². The fraction of sp³-hybridized carbons (Fsp3) is 0.467. The molecule has 1 unspecified atom stereocenters. The number of allylic oxidation sites excluding steroid dienone is 8. The summed E-state index contributed by atoms with van der Waals surface area (Å²) in [6.45, 7) is 10.7. The van der Waals surface area contributed by atoms with Crippen molar-refractivity contribution in [3.8, 4) is 0 Å². The highest BCUT2D eigenvalue weighted by molar-refractivity contribution is 5.31. The van der Waals surface area contributed by atoms with E-state index in [1.54, 1.807) is 0 Å². The summed E-state index contributed by atoms with van der Waals surface area (Å²) in [5.74, 6) is 0.542. The first-order chi connectivity index (χ1) is 7.19. The lowest BCUT2D eigenvalue weighted by atomic mass is 9.97. The Balaban J connectivity index is 4.51. The van der Waals surface area contributed by atoms with Crippen LogP contribution in [-0.2, 0) is 0 Å². The highest BCUT2D eigenvalue weighted by atomic mass is 14.1. The molecule has 0 radical (unpaired) electrons. The van der Waals surface area contributed by atoms with Gasteiger partial charge in [0.1, 0.15) is 0 Å². The summed E-state index contributed by atoms with van der Waals surface area (Å²) in [6.07, 6.45) is 14.2. The molecule has 0 N–H and O–H groups in total. The number of hydrogen-bond acceptors (Lipinski definition) is 0. The maximum atomic E-state index is 2.27. The zero-order valence-electron chi connectivity index (χ0n) is 10.7. The van der Waals surface area contributed by atoms with Crippen LogP contribution in [0.3, 0.4) is 0 Å². The van der Waals surface area contributed by atoms with Crippen LogP contribution in [0, 0.1) is 5.92 Å². The Morgan fingerprint density at radius 1 is 1.07 bits per heavy atom. The summed E-state index contributed by atoms with van der Waals surface area (Å²) in [5, 5.41) is 0. The van der Waals surface area contributed by atoms with Gasteiger partial charge in [0.25, 0.3) is 0 Å². The Morgan fingerprint density at radius 2 is 1.73 bits per heavy atom. The van der Waals surface area contributed by atoms with E-state index in [1.165, 1.54) is 11.1 Å². The van der Waals surface area contributed by atoms with Crippen molar-refractivity contribution in [2.24, 2.45) is 5.92 Å². The van der Waals surface area contributed by atoms with E-state index in [1.807, 2.05) is 6.92 Å². The second-order valence-electron chi connectivity index (χ2n) is 3.65. The van der Waals surface area contributed by atoms with Gasteiger partial charge in [-0.3, -0.25) is 0 Å². The molecule has 15 heavy (non-hydrogen) atoms. The van der Waals surface area contributed by atoms with E-state index in [0.717, 1.165) is 6.42 Å². The Morgan fingerprint density at radius 3 is 2.13 bits per heavy atom. The molecule has 0 aromatic rings. The van der Waals surface area contributed by atoms with Crippen molar-refractivity contribution in [3.05, 3.63) is 47.6 Å². The van der Waals surface area contributed by atoms with Crippen LogP contribution < -0.4 is 0 Å². The molecule has 0 heterocycles. The van der Waals surface area contributed by atoms with Gasteiger partial charge in [0.15, 0.2) is 0 Å². The largest absolute Gasteiger partial charge is 0.0879 e. The summed E-state index contributed by atoms with van der Waals surface area (Å²) in [5.41, 5.74) is 2.78. The lowest BCUT2D eigenvalue weighted by Crippen LogP contribution is -1.93. The summed E-state index contributed by atoms with van der Waals surface area (Å²) in [6, 6.07) is 0. The molecule has 0 heteroatoms. The fourth-order valence-corrected chi connectivity index (χ4v) is 1.61. The van der Waals surface area contributed by atoms with Crippen LogP contribution >= 0.6 is 0 Å². The molecule has 0 amide bonds. The van der Waals surface area contributed by atoms with E-state index in [4.69, 9.17) is 0 Å². The van der Waals surface area contributed by atoms with Crippen LogP contribution in [0.2, 0.25) is 0 Å². The van der Waals surface area contributed by atoms with E-state index < -0.39 is 0 Å². The predicted molar refractivity (Wildman–Crippen MR) is 70.9 cm³/mol. The zero-order valence-corrected chi connectivity index (χ0v) is 10.7. The van der Waals surface area contributed by atoms with E-state index in [2.05, 4.69) is 64.2 Å². The van der Waals surface area contributed by atoms with Gasteiger partial charge >= 0.3 is 0 Å². The molecule has 0 aliphatic heterocycles. The van der Waals surface area contributed by atoms with E-state index >= 15 is 0 Å². The molecule has 0 nitrogen and oxygen atoms in total. The van der Waals surface area contributed by atoms with Gasteiger partial charge in [-0.15, -0.1) is 0 Å². The third kappa shape index (κ3) is 5.41. The topological polar surface area (TPSA) is 0 Å². The molecular weight excluding hydrogens is 180 g/mol. The third-order valence-corrected chi connectivity index (χ3v) is 2.63. The van der Waals surface area contributed by atoms with Crippen LogP contribution in [0.15, 0.2) is 47.6 Å². The minimum Gasteiger partial charge on any atom is -0.0879 e. The Kier molecular flexibility index (Phi) is 7.71. The number of rotatable bonds is 5. The van der Waals surface area contributed by atoms with E-state index in [0.29, 0.717) is 5.92 Å². The van der Waals surface area contributed by atoms with Crippen LogP contribution in [0.25, 0.3) is 0 Å². The zero-order chi connectivity index (χ0) is 11.7. The molecule has 0 aliphatic carbocycles. The molecule has 0 bridgehead atoms. The quantitative estimate of drug-likeness (QED) is 0.434. The summed E-state index contributed by atoms with van der Waals surface area (Å²) in [4.78, 5) is 0. The van der Waals surface area contributed by atoms with Crippen molar-refractivity contribution in [1.29, 1.82) is 0 Å². The first-order valence-corrected chi connectivity index (χ1v) is 5.81. The van der Waals surface area contributed by atoms with Crippen LogP contribution in [-0.4, -0.2) is 0 Å². The normalized spacial score (nSPS) is 16.6. The molecule has 0 saturated carbocycles. The molecule has 84 valence electrons. The van der Waals surface area contributed by atoms with E-state index in [9.17, 15) is 0 Å². The third-order valence-electron chi connectivity index (χ3n) is 2.63. The first kappa shape index (κ1) is 14.0. The second-order valence-corrected chi connectivity index (χ2v) is 3.65. The lowest BCUT2D eigenvalue weighted by Gasteiger charge is -2.09. The van der Waals surface area contributed by atoms with E-state index in [-0.39, 0.29) is 0 Å². The van der Waals surface area contributed by atoms with Gasteiger partial charge in [-0.1, -0.05) is 55.9 Å². The van der Waals surface area contributed by atoms with Crippen LogP contribution in [0.4, 0.5) is 0 Å². The second kappa shape index (κ2) is 8.28. The van der Waals surface area contributed by atoms with Crippen molar-refractivity contribution in [3.63, 3.8) is 0 Å². The smallest absolute Gasteiger partial charge is 0.00485 e. The summed E-state index contributed by atoms with van der Waals surface area (Å²) >= 11 is 0. The molecule has 0 aromatic heterocycles. The Bertz CT molecular complexity index is 274. The first-order valence-electron chi connectivity index (χ1n) is 5.81. The van der Waals surface area contributed by atoms with Gasteiger partial charge < -0.3 is 0 Å². The van der Waals surface area contributed by atoms with Gasteiger partial charge in [-0.2, -0.15) is 0 Å². The molecule has 0 rings (SSSR count). The molecule has 0 aliphatic rings. The summed E-state index contributed by atoms with van der Waals surface area (Å²) in [7, 11) is 0. The minimum atomic E-state index is 0.542. The van der Waals surface area contributed by atoms with Gasteiger partial charge in [0, 0.05) is 0 Å². The Labute approximate surface area is 95.1 Å². The molecular formula is C15H24. The highest BCUT2D eigenvalue weighted by Gasteiger charge is 2.00. The fourth-order valence-electron chi connectivity index (χ4n) is 1.61. The van der Waals surface area contributed by atoms with Crippen molar-refractivity contribution in [2.75, 3.05) is 0 Å². The maximum absolute atomic E-state index is 2.27. The molecule has 0 spiro atoms. The Hall–Kier alpha value is -1.04. The van der Waals surface area contributed by atoms with Crippen molar-refractivity contribution in [1.82, 2.24) is 0 Å². The lowest BCUT2D eigenvalue weighted by molar-refractivity contribution is 0.806. The van der Waals surface area contributed by atoms with Crippen molar-refractivity contribution >= 4 is 0 Å². The monoisotopic (exact) mass is 204 g/mol. The van der Waals surface area contributed by atoms with Gasteiger partial charge in [-0.25, -0.2) is 0 Å². The minimum absolute atomic E-state index is 0.542. The molecule has 0 fully saturated rings. The summed E-state index contributed by atoms with van der Waals surface area (Å²) < 4.78 is 0. The van der Waals surface area contributed by atoms with Gasteiger partial charge in [0.2, 0.25) is 0 Å². The van der Waals surface area contributed by atoms with Crippen LogP contribution in [0.5, 0.6) is 0 Å². The van der Waals surface area contributed by atoms with Gasteiger partial charge in [0.05, 0.1) is 0 Å². The number of hydrogen-bond donors (Lipinski definition) is 0. The molecule has 1 atom stereocenters. The average Bonchev–Trinajstić information content (AvgIpc) is 2.25. The molecule has 0 saturated heterocycles. The SMILES string of the molecule is C/C=C(\C=C/C(C)/C(=C/C)CC)/C=C/C. The standard InChI is InChI=1S/C15H24/c1-6-10-14(7-2)12-11-13(5)15(8-3)9-4/h6-8,10-13H,9H2,1-5H3/b10-6+,12-11-,14-7-,15-8+. The predicted octanol–water partition coefficient (Wildman–Crippen LogP) is 5.06. The van der Waals surface area contributed by atoms with Crippen LogP contribution in [0.1, 0.15) is 41.0 Å². The average molecular weight is 204 g/mol. The molecule has 0 aromatic carbocycles. The highest BCUT2D eigenvalue weighted by Crippen LogP contribution is 2.16.